The molecule has 3 atom stereocenters. The second-order valence-electron chi connectivity index (χ2n) is 6.29. The molecule has 1 N–H and O–H groups in total. The quantitative estimate of drug-likeness (QED) is 0.868. The van der Waals surface area contributed by atoms with Crippen LogP contribution in [0, 0.1) is 0 Å². The Morgan fingerprint density at radius 2 is 2.12 bits per heavy atom. The van der Waals surface area contributed by atoms with Crippen molar-refractivity contribution in [1.29, 1.82) is 0 Å². The van der Waals surface area contributed by atoms with Gasteiger partial charge in [-0.1, -0.05) is 30.3 Å². The Morgan fingerprint density at radius 3 is 2.80 bits per heavy atom. The third-order valence-corrected chi connectivity index (χ3v) is 4.53. The van der Waals surface area contributed by atoms with Crippen molar-refractivity contribution in [3.63, 3.8) is 0 Å². The van der Waals surface area contributed by atoms with Crippen LogP contribution in [0.15, 0.2) is 52.2 Å². The summed E-state index contributed by atoms with van der Waals surface area (Å²) in [5.74, 6) is 0. The number of hydrogen-bond acceptors (Lipinski definition) is 4. The minimum atomic E-state index is -1.26. The number of benzene rings is 1. The molecule has 0 amide bonds. The summed E-state index contributed by atoms with van der Waals surface area (Å²) < 4.78 is 27.2. The van der Waals surface area contributed by atoms with Crippen molar-refractivity contribution in [1.82, 2.24) is 9.55 Å². The van der Waals surface area contributed by atoms with E-state index in [1.165, 1.54) is 23.8 Å². The van der Waals surface area contributed by atoms with Gasteiger partial charge in [-0.25, -0.2) is 9.18 Å². The lowest BCUT2D eigenvalue weighted by Gasteiger charge is -2.31. The normalized spacial score (nSPS) is 24.3. The van der Waals surface area contributed by atoms with Gasteiger partial charge in [0.15, 0.2) is 0 Å². The molecule has 0 bridgehead atoms. The van der Waals surface area contributed by atoms with Crippen LogP contribution in [-0.4, -0.2) is 27.9 Å². The SMILES string of the molecule is CC(F)C1(COCc2ccccc2)CCC(n2ccc(=O)[nH]c2=O)O1. The third kappa shape index (κ3) is 3.88. The van der Waals surface area contributed by atoms with Gasteiger partial charge >= 0.3 is 5.69 Å². The first kappa shape index (κ1) is 17.6. The monoisotopic (exact) mass is 348 g/mol. The molecule has 7 heteroatoms. The molecule has 2 heterocycles. The lowest BCUT2D eigenvalue weighted by atomic mass is 9.96. The van der Waals surface area contributed by atoms with Crippen molar-refractivity contribution in [3.05, 3.63) is 69.0 Å². The molecule has 0 spiro atoms. The van der Waals surface area contributed by atoms with E-state index in [1.54, 1.807) is 0 Å². The molecule has 3 rings (SSSR count). The number of aromatic nitrogens is 2. The first-order chi connectivity index (χ1) is 12.0. The molecular weight excluding hydrogens is 327 g/mol. The van der Waals surface area contributed by atoms with Gasteiger partial charge in [0.2, 0.25) is 0 Å². The fourth-order valence-electron chi connectivity index (χ4n) is 3.04. The van der Waals surface area contributed by atoms with E-state index < -0.39 is 29.2 Å². The predicted molar refractivity (Wildman–Crippen MR) is 90.1 cm³/mol. The zero-order valence-electron chi connectivity index (χ0n) is 14.0. The number of nitrogens with one attached hydrogen (secondary N) is 1. The van der Waals surface area contributed by atoms with Crippen LogP contribution in [0.3, 0.4) is 0 Å². The van der Waals surface area contributed by atoms with E-state index in [0.29, 0.717) is 19.4 Å². The highest BCUT2D eigenvalue weighted by molar-refractivity contribution is 5.13. The van der Waals surface area contributed by atoms with E-state index in [1.807, 2.05) is 30.3 Å². The Hall–Kier alpha value is -2.25. The summed E-state index contributed by atoms with van der Waals surface area (Å²) in [6.45, 7) is 1.89. The molecule has 25 heavy (non-hydrogen) atoms. The van der Waals surface area contributed by atoms with Crippen molar-refractivity contribution in [2.24, 2.45) is 0 Å². The van der Waals surface area contributed by atoms with Gasteiger partial charge in [-0.05, 0) is 25.3 Å². The molecule has 3 unspecified atom stereocenters. The first-order valence-corrected chi connectivity index (χ1v) is 8.25. The van der Waals surface area contributed by atoms with Gasteiger partial charge in [0.05, 0.1) is 13.2 Å². The van der Waals surface area contributed by atoms with Gasteiger partial charge in [-0.3, -0.25) is 14.3 Å². The Balaban J connectivity index is 1.69. The lowest BCUT2D eigenvalue weighted by molar-refractivity contribution is -0.146. The Morgan fingerprint density at radius 1 is 1.36 bits per heavy atom. The molecule has 1 fully saturated rings. The summed E-state index contributed by atoms with van der Waals surface area (Å²) in [6.07, 6.45) is 0.384. The third-order valence-electron chi connectivity index (χ3n) is 4.53. The van der Waals surface area contributed by atoms with Gasteiger partial charge in [0.25, 0.3) is 5.56 Å². The topological polar surface area (TPSA) is 73.3 Å². The van der Waals surface area contributed by atoms with E-state index in [0.717, 1.165) is 5.56 Å². The van der Waals surface area contributed by atoms with Crippen molar-refractivity contribution in [2.45, 2.75) is 44.4 Å². The Bertz CT molecular complexity index is 818. The van der Waals surface area contributed by atoms with Gasteiger partial charge in [-0.15, -0.1) is 0 Å². The molecule has 1 aromatic heterocycles. The second-order valence-corrected chi connectivity index (χ2v) is 6.29. The van der Waals surface area contributed by atoms with Crippen molar-refractivity contribution >= 4 is 0 Å². The zero-order valence-corrected chi connectivity index (χ0v) is 14.0. The van der Waals surface area contributed by atoms with Gasteiger partial charge in [0.1, 0.15) is 18.0 Å². The van der Waals surface area contributed by atoms with Crippen molar-refractivity contribution in [3.8, 4) is 0 Å². The smallest absolute Gasteiger partial charge is 0.330 e. The maximum absolute atomic E-state index is 14.3. The number of hydrogen-bond donors (Lipinski definition) is 1. The highest BCUT2D eigenvalue weighted by Crippen LogP contribution is 2.39. The van der Waals surface area contributed by atoms with E-state index in [2.05, 4.69) is 4.98 Å². The number of nitrogens with zero attached hydrogens (tertiary/aromatic N) is 1. The van der Waals surface area contributed by atoms with Crippen LogP contribution in [0.5, 0.6) is 0 Å². The molecule has 6 nitrogen and oxygen atoms in total. The summed E-state index contributed by atoms with van der Waals surface area (Å²) >= 11 is 0. The molecule has 0 saturated carbocycles. The molecule has 1 aromatic carbocycles. The summed E-state index contributed by atoms with van der Waals surface area (Å²) in [6, 6.07) is 10.9. The lowest BCUT2D eigenvalue weighted by Crippen LogP contribution is -2.43. The van der Waals surface area contributed by atoms with Crippen molar-refractivity contribution < 1.29 is 13.9 Å². The summed E-state index contributed by atoms with van der Waals surface area (Å²) in [5.41, 5.74) is -1.15. The van der Waals surface area contributed by atoms with E-state index in [-0.39, 0.29) is 6.61 Å². The molecule has 1 aliphatic heterocycles. The fraction of sp³-hybridized carbons (Fsp3) is 0.444. The molecule has 0 radical (unpaired) electrons. The number of alkyl halides is 1. The van der Waals surface area contributed by atoms with E-state index in [9.17, 15) is 14.0 Å². The molecule has 2 aromatic rings. The van der Waals surface area contributed by atoms with Gasteiger partial charge in [0, 0.05) is 12.3 Å². The maximum atomic E-state index is 14.3. The molecule has 1 aliphatic rings. The van der Waals surface area contributed by atoms with Gasteiger partial charge in [-0.2, -0.15) is 0 Å². The molecule has 1 saturated heterocycles. The van der Waals surface area contributed by atoms with Gasteiger partial charge < -0.3 is 9.47 Å². The zero-order chi connectivity index (χ0) is 17.9. The van der Waals surface area contributed by atoms with Crippen molar-refractivity contribution in [2.75, 3.05) is 6.61 Å². The van der Waals surface area contributed by atoms with E-state index >= 15 is 0 Å². The maximum Gasteiger partial charge on any atom is 0.330 e. The fourth-order valence-corrected chi connectivity index (χ4v) is 3.04. The van der Waals surface area contributed by atoms with Crippen LogP contribution in [0.4, 0.5) is 4.39 Å². The van der Waals surface area contributed by atoms with Crippen LogP contribution in [0.1, 0.15) is 31.6 Å². The Labute approximate surface area is 144 Å². The standard InChI is InChI=1S/C18H21FN2O4/c1-13(19)18(12-24-11-14-5-3-2-4-6-14)9-7-16(25-18)21-10-8-15(22)20-17(21)23/h2-6,8,10,13,16H,7,9,11-12H2,1H3,(H,20,22,23). The van der Waals surface area contributed by atoms with Crippen LogP contribution in [-0.2, 0) is 16.1 Å². The average Bonchev–Trinajstić information content (AvgIpc) is 3.01. The number of H-pyrrole nitrogens is 1. The first-order valence-electron chi connectivity index (χ1n) is 8.25. The molecular formula is C18H21FN2O4. The number of rotatable bonds is 6. The number of aromatic amines is 1. The summed E-state index contributed by atoms with van der Waals surface area (Å²) in [5, 5.41) is 0. The highest BCUT2D eigenvalue weighted by Gasteiger charge is 2.46. The number of halogens is 1. The highest BCUT2D eigenvalue weighted by atomic mass is 19.1. The number of ether oxygens (including phenoxy) is 2. The largest absolute Gasteiger partial charge is 0.374 e. The minimum Gasteiger partial charge on any atom is -0.374 e. The molecule has 0 aliphatic carbocycles. The van der Waals surface area contributed by atoms with Crippen LogP contribution < -0.4 is 11.2 Å². The van der Waals surface area contributed by atoms with Crippen LogP contribution in [0.2, 0.25) is 0 Å². The average molecular weight is 348 g/mol. The van der Waals surface area contributed by atoms with Crippen LogP contribution in [0.25, 0.3) is 0 Å². The summed E-state index contributed by atoms with van der Waals surface area (Å²) in [4.78, 5) is 25.3. The second kappa shape index (κ2) is 7.33. The minimum absolute atomic E-state index is 0.0914. The molecule has 134 valence electrons. The predicted octanol–water partition coefficient (Wildman–Crippen LogP) is 2.16. The summed E-state index contributed by atoms with van der Waals surface area (Å²) in [7, 11) is 0. The van der Waals surface area contributed by atoms with E-state index in [4.69, 9.17) is 9.47 Å². The Kier molecular flexibility index (Phi) is 5.15. The van der Waals surface area contributed by atoms with Crippen LogP contribution >= 0.6 is 0 Å².